The summed E-state index contributed by atoms with van der Waals surface area (Å²) in [6.45, 7) is 2.80. The van der Waals surface area contributed by atoms with Gasteiger partial charge in [0.2, 0.25) is 0 Å². The van der Waals surface area contributed by atoms with E-state index >= 15 is 0 Å². The third-order valence-corrected chi connectivity index (χ3v) is 3.01. The minimum atomic E-state index is 0.768. The van der Waals surface area contributed by atoms with Crippen molar-refractivity contribution >= 4 is 10.9 Å². The normalized spacial score (nSPS) is 11.2. The smallest absolute Gasteiger partial charge is 0.198 e. The Morgan fingerprint density at radius 3 is 2.82 bits per heavy atom. The lowest BCUT2D eigenvalue weighted by atomic mass is 10.2. The molecule has 86 valence electrons. The Bertz CT molecular complexity index is 664. The quantitative estimate of drug-likeness (QED) is 0.671. The summed E-state index contributed by atoms with van der Waals surface area (Å²) in [6.07, 6.45) is 0. The van der Waals surface area contributed by atoms with Gasteiger partial charge in [0.15, 0.2) is 5.82 Å². The van der Waals surface area contributed by atoms with Gasteiger partial charge in [-0.2, -0.15) is 0 Å². The van der Waals surface area contributed by atoms with E-state index in [-0.39, 0.29) is 0 Å². The highest BCUT2D eigenvalue weighted by Crippen LogP contribution is 2.24. The van der Waals surface area contributed by atoms with Crippen LogP contribution < -0.4 is 0 Å². The van der Waals surface area contributed by atoms with E-state index in [2.05, 4.69) is 38.3 Å². The summed E-state index contributed by atoms with van der Waals surface area (Å²) in [6, 6.07) is 10.4. The fraction of sp³-hybridized carbons (Fsp3) is 0.250. The maximum absolute atomic E-state index is 4.09. The zero-order valence-corrected chi connectivity index (χ0v) is 9.83. The van der Waals surface area contributed by atoms with Crippen LogP contribution in [0.2, 0.25) is 0 Å². The maximum Gasteiger partial charge on any atom is 0.198 e. The first-order valence-corrected chi connectivity index (χ1v) is 5.62. The topological polar surface area (TPSA) is 48.5 Å². The van der Waals surface area contributed by atoms with E-state index in [1.807, 2.05) is 26.1 Å². The Hall–Kier alpha value is -2.17. The summed E-state index contributed by atoms with van der Waals surface area (Å²) in [5.74, 6) is 0.811. The molecular formula is C12H13N5. The second kappa shape index (κ2) is 3.69. The van der Waals surface area contributed by atoms with Crippen LogP contribution in [0.1, 0.15) is 6.92 Å². The van der Waals surface area contributed by atoms with Crippen LogP contribution in [0.4, 0.5) is 0 Å². The summed E-state index contributed by atoms with van der Waals surface area (Å²) < 4.78 is 3.92. The van der Waals surface area contributed by atoms with Crippen molar-refractivity contribution in [1.82, 2.24) is 24.8 Å². The molecule has 0 bridgehead atoms. The molecule has 0 radical (unpaired) electrons. The van der Waals surface area contributed by atoms with E-state index in [4.69, 9.17) is 0 Å². The Kier molecular flexibility index (Phi) is 2.18. The minimum Gasteiger partial charge on any atom is -0.341 e. The molecule has 0 N–H and O–H groups in total. The number of hydrogen-bond acceptors (Lipinski definition) is 3. The lowest BCUT2D eigenvalue weighted by molar-refractivity contribution is 0.629. The van der Waals surface area contributed by atoms with Crippen molar-refractivity contribution in [2.75, 3.05) is 0 Å². The van der Waals surface area contributed by atoms with Gasteiger partial charge < -0.3 is 4.57 Å². The van der Waals surface area contributed by atoms with Gasteiger partial charge in [0, 0.05) is 24.5 Å². The predicted octanol–water partition coefficient (Wildman–Crippen LogP) is 1.85. The summed E-state index contributed by atoms with van der Waals surface area (Å²) in [5, 5.41) is 13.0. The molecule has 0 saturated carbocycles. The number of aromatic nitrogens is 5. The Balaban J connectivity index is 2.27. The minimum absolute atomic E-state index is 0.768. The molecule has 0 unspecified atom stereocenters. The lowest BCUT2D eigenvalue weighted by Crippen LogP contribution is -2.02. The van der Waals surface area contributed by atoms with E-state index in [0.717, 1.165) is 18.1 Å². The van der Waals surface area contributed by atoms with Crippen molar-refractivity contribution < 1.29 is 0 Å². The van der Waals surface area contributed by atoms with Crippen LogP contribution in [-0.2, 0) is 13.6 Å². The monoisotopic (exact) mass is 227 g/mol. The second-order valence-electron chi connectivity index (χ2n) is 3.97. The third kappa shape index (κ3) is 1.43. The highest BCUT2D eigenvalue weighted by atomic mass is 15.5. The molecule has 0 saturated heterocycles. The SMILES string of the molecule is CCn1nnnc1-c1cc2ccccc2n1C. The van der Waals surface area contributed by atoms with Gasteiger partial charge in [0.05, 0.1) is 5.69 Å². The first-order valence-electron chi connectivity index (χ1n) is 5.62. The van der Waals surface area contributed by atoms with Gasteiger partial charge in [-0.05, 0) is 29.5 Å². The Morgan fingerprint density at radius 2 is 2.06 bits per heavy atom. The fourth-order valence-electron chi connectivity index (χ4n) is 2.10. The number of aryl methyl sites for hydroxylation is 2. The molecule has 5 nitrogen and oxygen atoms in total. The first kappa shape index (κ1) is 10.0. The van der Waals surface area contributed by atoms with Crippen LogP contribution in [0.5, 0.6) is 0 Å². The molecule has 3 rings (SSSR count). The van der Waals surface area contributed by atoms with Gasteiger partial charge in [0.1, 0.15) is 0 Å². The van der Waals surface area contributed by atoms with Crippen LogP contribution >= 0.6 is 0 Å². The summed E-state index contributed by atoms with van der Waals surface area (Å²) in [7, 11) is 2.03. The number of fused-ring (bicyclic) bond motifs is 1. The molecule has 0 fully saturated rings. The molecule has 0 aliphatic heterocycles. The molecule has 0 atom stereocenters. The standard InChI is InChI=1S/C12H13N5/c1-3-17-12(13-14-15-17)11-8-9-6-4-5-7-10(9)16(11)2/h4-8H,3H2,1-2H3. The highest BCUT2D eigenvalue weighted by Gasteiger charge is 2.13. The van der Waals surface area contributed by atoms with Crippen molar-refractivity contribution in [3.05, 3.63) is 30.3 Å². The molecule has 2 heterocycles. The van der Waals surface area contributed by atoms with Crippen LogP contribution in [0.3, 0.4) is 0 Å². The Morgan fingerprint density at radius 1 is 1.24 bits per heavy atom. The van der Waals surface area contributed by atoms with Gasteiger partial charge >= 0.3 is 0 Å². The average molecular weight is 227 g/mol. The van der Waals surface area contributed by atoms with E-state index in [1.54, 1.807) is 4.68 Å². The number of tetrazole rings is 1. The number of benzene rings is 1. The number of para-hydroxylation sites is 1. The van der Waals surface area contributed by atoms with Crippen molar-refractivity contribution in [3.63, 3.8) is 0 Å². The number of hydrogen-bond donors (Lipinski definition) is 0. The van der Waals surface area contributed by atoms with Gasteiger partial charge in [-0.15, -0.1) is 5.10 Å². The molecule has 2 aromatic heterocycles. The van der Waals surface area contributed by atoms with Gasteiger partial charge in [0.25, 0.3) is 0 Å². The number of rotatable bonds is 2. The van der Waals surface area contributed by atoms with Crippen molar-refractivity contribution in [1.29, 1.82) is 0 Å². The maximum atomic E-state index is 4.09. The van der Waals surface area contributed by atoms with E-state index in [0.29, 0.717) is 0 Å². The van der Waals surface area contributed by atoms with Crippen LogP contribution in [-0.4, -0.2) is 24.8 Å². The van der Waals surface area contributed by atoms with Gasteiger partial charge in [-0.1, -0.05) is 18.2 Å². The molecule has 1 aromatic carbocycles. The van der Waals surface area contributed by atoms with Crippen LogP contribution in [0.15, 0.2) is 30.3 Å². The molecule has 0 aliphatic rings. The van der Waals surface area contributed by atoms with Gasteiger partial charge in [-0.25, -0.2) is 4.68 Å². The fourth-order valence-corrected chi connectivity index (χ4v) is 2.10. The molecular weight excluding hydrogens is 214 g/mol. The summed E-state index contributed by atoms with van der Waals surface area (Å²) >= 11 is 0. The Labute approximate surface area is 98.7 Å². The number of nitrogens with zero attached hydrogens (tertiary/aromatic N) is 5. The zero-order chi connectivity index (χ0) is 11.8. The molecule has 0 amide bonds. The largest absolute Gasteiger partial charge is 0.341 e. The van der Waals surface area contributed by atoms with E-state index in [9.17, 15) is 0 Å². The van der Waals surface area contributed by atoms with Crippen LogP contribution in [0, 0.1) is 0 Å². The van der Waals surface area contributed by atoms with Crippen molar-refractivity contribution in [2.45, 2.75) is 13.5 Å². The highest BCUT2D eigenvalue weighted by molar-refractivity contribution is 5.85. The molecule has 0 aliphatic carbocycles. The third-order valence-electron chi connectivity index (χ3n) is 3.01. The van der Waals surface area contributed by atoms with Crippen molar-refractivity contribution in [3.8, 4) is 11.5 Å². The first-order chi connectivity index (χ1) is 8.31. The zero-order valence-electron chi connectivity index (χ0n) is 9.83. The lowest BCUT2D eigenvalue weighted by Gasteiger charge is -2.03. The van der Waals surface area contributed by atoms with Crippen LogP contribution in [0.25, 0.3) is 22.4 Å². The second-order valence-corrected chi connectivity index (χ2v) is 3.97. The molecule has 0 spiro atoms. The van der Waals surface area contributed by atoms with Crippen molar-refractivity contribution in [2.24, 2.45) is 7.05 Å². The summed E-state index contributed by atoms with van der Waals surface area (Å²) in [4.78, 5) is 0. The molecule has 3 aromatic rings. The summed E-state index contributed by atoms with van der Waals surface area (Å²) in [5.41, 5.74) is 2.23. The van der Waals surface area contributed by atoms with E-state index in [1.165, 1.54) is 10.9 Å². The average Bonchev–Trinajstić information content (AvgIpc) is 2.94. The molecule has 5 heteroatoms. The van der Waals surface area contributed by atoms with Gasteiger partial charge in [-0.3, -0.25) is 0 Å². The predicted molar refractivity (Wildman–Crippen MR) is 65.4 cm³/mol. The van der Waals surface area contributed by atoms with E-state index < -0.39 is 0 Å². The molecule has 17 heavy (non-hydrogen) atoms.